The lowest BCUT2D eigenvalue weighted by Gasteiger charge is -2.20. The summed E-state index contributed by atoms with van der Waals surface area (Å²) in [6, 6.07) is 8.45. The Morgan fingerprint density at radius 1 is 1.33 bits per heavy atom. The number of aromatic nitrogens is 1. The molecule has 2 aromatic rings. The van der Waals surface area contributed by atoms with E-state index in [1.54, 1.807) is 36.4 Å². The molecule has 0 unspecified atom stereocenters. The summed E-state index contributed by atoms with van der Waals surface area (Å²) in [7, 11) is -3.50. The van der Waals surface area contributed by atoms with E-state index < -0.39 is 10.0 Å². The molecule has 0 saturated heterocycles. The summed E-state index contributed by atoms with van der Waals surface area (Å²) in [5.74, 6) is 0. The third kappa shape index (κ3) is 2.81. The van der Waals surface area contributed by atoms with Crippen LogP contribution in [0.15, 0.2) is 47.9 Å². The van der Waals surface area contributed by atoms with Crippen LogP contribution in [0.4, 0.5) is 0 Å². The molecule has 1 aromatic heterocycles. The Bertz CT molecular complexity index is 800. The van der Waals surface area contributed by atoms with Gasteiger partial charge in [0.15, 0.2) is 0 Å². The van der Waals surface area contributed by atoms with E-state index in [1.165, 1.54) is 4.31 Å². The fourth-order valence-corrected chi connectivity index (χ4v) is 4.15. The molecule has 0 amide bonds. The molecule has 1 fully saturated rings. The molecule has 21 heavy (non-hydrogen) atoms. The average molecular weight is 323 g/mol. The minimum Gasteiger partial charge on any atom is -0.236 e. The largest absolute Gasteiger partial charge is 0.243 e. The zero-order chi connectivity index (χ0) is 15.0. The first kappa shape index (κ1) is 14.5. The molecule has 0 atom stereocenters. The van der Waals surface area contributed by atoms with Gasteiger partial charge in [-0.3, -0.25) is 0 Å². The fourth-order valence-electron chi connectivity index (χ4n) is 2.31. The van der Waals surface area contributed by atoms with Crippen molar-refractivity contribution in [1.82, 2.24) is 9.29 Å². The van der Waals surface area contributed by atoms with E-state index in [2.05, 4.69) is 11.6 Å². The maximum absolute atomic E-state index is 12.7. The van der Waals surface area contributed by atoms with Crippen molar-refractivity contribution in [3.05, 3.63) is 48.1 Å². The predicted molar refractivity (Wildman–Crippen MR) is 83.9 cm³/mol. The summed E-state index contributed by atoms with van der Waals surface area (Å²) >= 11 is 5.84. The Morgan fingerprint density at radius 2 is 2.10 bits per heavy atom. The van der Waals surface area contributed by atoms with Crippen LogP contribution in [0.1, 0.15) is 12.8 Å². The monoisotopic (exact) mass is 322 g/mol. The second kappa shape index (κ2) is 5.40. The first-order valence-corrected chi connectivity index (χ1v) is 8.53. The second-order valence-corrected chi connectivity index (χ2v) is 7.36. The maximum atomic E-state index is 12.7. The Morgan fingerprint density at radius 3 is 2.76 bits per heavy atom. The summed E-state index contributed by atoms with van der Waals surface area (Å²) in [4.78, 5) is 4.45. The number of hydrogen-bond donors (Lipinski definition) is 0. The van der Waals surface area contributed by atoms with Gasteiger partial charge in [0.2, 0.25) is 10.0 Å². The topological polar surface area (TPSA) is 50.3 Å². The fraction of sp³-hybridized carbons (Fsp3) is 0.267. The Kier molecular flexibility index (Phi) is 3.73. The van der Waals surface area contributed by atoms with Crippen molar-refractivity contribution in [2.24, 2.45) is 0 Å². The smallest absolute Gasteiger partial charge is 0.236 e. The minimum absolute atomic E-state index is 0.104. The van der Waals surface area contributed by atoms with Gasteiger partial charge in [-0.25, -0.2) is 13.4 Å². The van der Waals surface area contributed by atoms with Crippen LogP contribution >= 0.6 is 11.6 Å². The number of nitrogens with zero attached hydrogens (tertiary/aromatic N) is 2. The molecule has 1 aromatic carbocycles. The normalized spacial score (nSPS) is 15.5. The van der Waals surface area contributed by atoms with Crippen molar-refractivity contribution in [3.63, 3.8) is 0 Å². The lowest BCUT2D eigenvalue weighted by atomic mass is 10.2. The molecule has 1 heterocycles. The Hall–Kier alpha value is -1.43. The highest BCUT2D eigenvalue weighted by molar-refractivity contribution is 7.89. The van der Waals surface area contributed by atoms with E-state index in [0.717, 1.165) is 18.2 Å². The molecule has 4 nitrogen and oxygen atoms in total. The van der Waals surface area contributed by atoms with Gasteiger partial charge in [0.25, 0.3) is 0 Å². The standard InChI is InChI=1S/C15H15ClN2O2S/c1-2-9-18(12-4-5-12)21(19,20)13-6-7-14-11(10-13)3-8-15(16)17-14/h2-3,6-8,10,12H,1,4-5,9H2. The highest BCUT2D eigenvalue weighted by atomic mass is 35.5. The molecule has 0 aliphatic heterocycles. The summed E-state index contributed by atoms with van der Waals surface area (Å²) in [6.45, 7) is 3.98. The van der Waals surface area contributed by atoms with Crippen molar-refractivity contribution in [2.75, 3.05) is 6.54 Å². The molecule has 0 N–H and O–H groups in total. The van der Waals surface area contributed by atoms with Crippen LogP contribution in [0.25, 0.3) is 10.9 Å². The van der Waals surface area contributed by atoms with E-state index in [-0.39, 0.29) is 10.9 Å². The molecular weight excluding hydrogens is 308 g/mol. The molecule has 0 bridgehead atoms. The van der Waals surface area contributed by atoms with Gasteiger partial charge in [-0.1, -0.05) is 17.7 Å². The first-order chi connectivity index (χ1) is 10.0. The molecule has 0 spiro atoms. The zero-order valence-corrected chi connectivity index (χ0v) is 12.9. The van der Waals surface area contributed by atoms with Gasteiger partial charge in [-0.2, -0.15) is 4.31 Å². The van der Waals surface area contributed by atoms with Crippen LogP contribution in [0.3, 0.4) is 0 Å². The number of halogens is 1. The molecule has 110 valence electrons. The van der Waals surface area contributed by atoms with Gasteiger partial charge in [0, 0.05) is 18.0 Å². The molecule has 6 heteroatoms. The highest BCUT2D eigenvalue weighted by Gasteiger charge is 2.37. The molecule has 1 aliphatic rings. The summed E-state index contributed by atoms with van der Waals surface area (Å²) < 4.78 is 27.0. The number of pyridine rings is 1. The van der Waals surface area contributed by atoms with Gasteiger partial charge in [0.05, 0.1) is 10.4 Å². The first-order valence-electron chi connectivity index (χ1n) is 6.71. The summed E-state index contributed by atoms with van der Waals surface area (Å²) in [6.07, 6.45) is 3.45. The number of hydrogen-bond acceptors (Lipinski definition) is 3. The third-order valence-corrected chi connectivity index (χ3v) is 5.62. The average Bonchev–Trinajstić information content (AvgIpc) is 3.28. The van der Waals surface area contributed by atoms with Crippen LogP contribution in [0.2, 0.25) is 5.15 Å². The quantitative estimate of drug-likeness (QED) is 0.627. The van der Waals surface area contributed by atoms with Crippen LogP contribution in [0.5, 0.6) is 0 Å². The minimum atomic E-state index is -3.50. The highest BCUT2D eigenvalue weighted by Crippen LogP contribution is 2.32. The van der Waals surface area contributed by atoms with Crippen molar-refractivity contribution in [2.45, 2.75) is 23.8 Å². The number of sulfonamides is 1. The molecule has 3 rings (SSSR count). The van der Waals surface area contributed by atoms with E-state index in [1.807, 2.05) is 0 Å². The Balaban J connectivity index is 2.05. The Labute approximate surface area is 129 Å². The predicted octanol–water partition coefficient (Wildman–Crippen LogP) is 3.23. The van der Waals surface area contributed by atoms with Crippen molar-refractivity contribution < 1.29 is 8.42 Å². The van der Waals surface area contributed by atoms with Crippen LogP contribution in [0, 0.1) is 0 Å². The molecule has 0 radical (unpaired) electrons. The maximum Gasteiger partial charge on any atom is 0.243 e. The molecule has 1 aliphatic carbocycles. The van der Waals surface area contributed by atoms with Gasteiger partial charge in [-0.05, 0) is 43.2 Å². The van der Waals surface area contributed by atoms with Gasteiger partial charge < -0.3 is 0 Å². The van der Waals surface area contributed by atoms with Crippen LogP contribution in [-0.4, -0.2) is 30.3 Å². The van der Waals surface area contributed by atoms with E-state index in [4.69, 9.17) is 11.6 Å². The number of fused-ring (bicyclic) bond motifs is 1. The van der Waals surface area contributed by atoms with E-state index in [0.29, 0.717) is 17.2 Å². The van der Waals surface area contributed by atoms with Crippen LogP contribution in [-0.2, 0) is 10.0 Å². The summed E-state index contributed by atoms with van der Waals surface area (Å²) in [5.41, 5.74) is 0.683. The van der Waals surface area contributed by atoms with Crippen molar-refractivity contribution in [3.8, 4) is 0 Å². The van der Waals surface area contributed by atoms with Gasteiger partial charge in [0.1, 0.15) is 5.15 Å². The summed E-state index contributed by atoms with van der Waals surface area (Å²) in [5, 5.41) is 1.15. The molecular formula is C15H15ClN2O2S. The lowest BCUT2D eigenvalue weighted by Crippen LogP contribution is -2.33. The molecule has 1 saturated carbocycles. The second-order valence-electron chi connectivity index (χ2n) is 5.08. The van der Waals surface area contributed by atoms with Crippen molar-refractivity contribution in [1.29, 1.82) is 0 Å². The SMILES string of the molecule is C=CCN(C1CC1)S(=O)(=O)c1ccc2nc(Cl)ccc2c1. The zero-order valence-electron chi connectivity index (χ0n) is 11.4. The number of benzene rings is 1. The van der Waals surface area contributed by atoms with E-state index in [9.17, 15) is 8.42 Å². The van der Waals surface area contributed by atoms with Crippen molar-refractivity contribution >= 4 is 32.5 Å². The van der Waals surface area contributed by atoms with Gasteiger partial charge in [-0.15, -0.1) is 6.58 Å². The third-order valence-electron chi connectivity index (χ3n) is 3.50. The number of rotatable bonds is 5. The van der Waals surface area contributed by atoms with Gasteiger partial charge >= 0.3 is 0 Å². The van der Waals surface area contributed by atoms with E-state index >= 15 is 0 Å². The van der Waals surface area contributed by atoms with Crippen LogP contribution < -0.4 is 0 Å². The lowest BCUT2D eigenvalue weighted by molar-refractivity contribution is 0.436.